The fraction of sp³-hybridized carbons (Fsp3) is 0.278. The zero-order chi connectivity index (χ0) is 19.4. The second kappa shape index (κ2) is 7.75. The third-order valence-electron chi connectivity index (χ3n) is 3.84. The second-order valence-electron chi connectivity index (χ2n) is 5.77. The van der Waals surface area contributed by atoms with Crippen LogP contribution in [0.15, 0.2) is 47.1 Å². The van der Waals surface area contributed by atoms with Gasteiger partial charge in [-0.2, -0.15) is 13.2 Å². The van der Waals surface area contributed by atoms with Crippen LogP contribution in [-0.4, -0.2) is 35.8 Å². The minimum absolute atomic E-state index is 0.0371. The SMILES string of the molecule is COCCc1nc2ccc(C(=O)N[C@@H](c3cccnc3)C(F)(F)F)cc2o1. The minimum Gasteiger partial charge on any atom is -0.441 e. The number of halogens is 3. The Labute approximate surface area is 152 Å². The first-order chi connectivity index (χ1) is 12.9. The number of nitrogens with one attached hydrogen (secondary N) is 1. The lowest BCUT2D eigenvalue weighted by Crippen LogP contribution is -2.38. The van der Waals surface area contributed by atoms with Crippen molar-refractivity contribution in [2.24, 2.45) is 0 Å². The van der Waals surface area contributed by atoms with Crippen LogP contribution in [0.1, 0.15) is 27.9 Å². The lowest BCUT2D eigenvalue weighted by atomic mass is 10.1. The molecule has 27 heavy (non-hydrogen) atoms. The van der Waals surface area contributed by atoms with Gasteiger partial charge >= 0.3 is 6.18 Å². The number of aromatic nitrogens is 2. The quantitative estimate of drug-likeness (QED) is 0.710. The molecular weight excluding hydrogens is 363 g/mol. The van der Waals surface area contributed by atoms with E-state index < -0.39 is 18.1 Å². The van der Waals surface area contributed by atoms with Gasteiger partial charge in [0.2, 0.25) is 0 Å². The number of fused-ring (bicyclic) bond motifs is 1. The molecule has 0 saturated heterocycles. The molecule has 6 nitrogen and oxygen atoms in total. The van der Waals surface area contributed by atoms with Crippen molar-refractivity contribution in [3.05, 3.63) is 59.7 Å². The van der Waals surface area contributed by atoms with Gasteiger partial charge in [-0.15, -0.1) is 0 Å². The number of nitrogens with zero attached hydrogens (tertiary/aromatic N) is 2. The van der Waals surface area contributed by atoms with Crippen LogP contribution in [0, 0.1) is 0 Å². The lowest BCUT2D eigenvalue weighted by Gasteiger charge is -2.21. The van der Waals surface area contributed by atoms with E-state index in [1.807, 2.05) is 5.32 Å². The molecule has 142 valence electrons. The molecule has 2 aromatic heterocycles. The largest absolute Gasteiger partial charge is 0.441 e. The number of rotatable bonds is 6. The third kappa shape index (κ3) is 4.43. The Morgan fingerprint density at radius 1 is 1.33 bits per heavy atom. The summed E-state index contributed by atoms with van der Waals surface area (Å²) in [4.78, 5) is 20.3. The number of oxazole rings is 1. The van der Waals surface area contributed by atoms with Crippen molar-refractivity contribution >= 4 is 17.0 Å². The first-order valence-electron chi connectivity index (χ1n) is 8.04. The van der Waals surface area contributed by atoms with E-state index in [1.54, 1.807) is 7.11 Å². The molecule has 3 aromatic rings. The first kappa shape index (κ1) is 18.8. The number of ether oxygens (including phenoxy) is 1. The van der Waals surface area contributed by atoms with E-state index in [4.69, 9.17) is 9.15 Å². The van der Waals surface area contributed by atoms with E-state index in [9.17, 15) is 18.0 Å². The Morgan fingerprint density at radius 2 is 2.15 bits per heavy atom. The van der Waals surface area contributed by atoms with Crippen LogP contribution in [0.25, 0.3) is 11.1 Å². The average molecular weight is 379 g/mol. The number of hydrogen-bond donors (Lipinski definition) is 1. The Balaban J connectivity index is 1.83. The normalized spacial score (nSPS) is 12.9. The maximum Gasteiger partial charge on any atom is 0.412 e. The average Bonchev–Trinajstić information content (AvgIpc) is 3.06. The van der Waals surface area contributed by atoms with Gasteiger partial charge in [0.25, 0.3) is 5.91 Å². The van der Waals surface area contributed by atoms with Crippen LogP contribution in [-0.2, 0) is 11.2 Å². The molecule has 0 saturated carbocycles. The summed E-state index contributed by atoms with van der Waals surface area (Å²) < 4.78 is 50.6. The van der Waals surface area contributed by atoms with Crippen LogP contribution in [0.3, 0.4) is 0 Å². The zero-order valence-electron chi connectivity index (χ0n) is 14.3. The van der Waals surface area contributed by atoms with Crippen LogP contribution in [0.4, 0.5) is 13.2 Å². The molecule has 1 N–H and O–H groups in total. The van der Waals surface area contributed by atoms with Gasteiger partial charge in [-0.25, -0.2) is 4.98 Å². The van der Waals surface area contributed by atoms with Gasteiger partial charge in [-0.3, -0.25) is 9.78 Å². The van der Waals surface area contributed by atoms with E-state index in [0.29, 0.717) is 30.0 Å². The van der Waals surface area contributed by atoms with Gasteiger partial charge in [0.15, 0.2) is 17.5 Å². The molecule has 0 fully saturated rings. The van der Waals surface area contributed by atoms with E-state index >= 15 is 0 Å². The Morgan fingerprint density at radius 3 is 2.81 bits per heavy atom. The molecule has 0 bridgehead atoms. The molecule has 2 heterocycles. The molecule has 0 spiro atoms. The number of pyridine rings is 1. The number of amides is 1. The molecule has 0 unspecified atom stereocenters. The predicted molar refractivity (Wildman–Crippen MR) is 90.1 cm³/mol. The topological polar surface area (TPSA) is 77.2 Å². The van der Waals surface area contributed by atoms with Gasteiger partial charge in [-0.05, 0) is 24.3 Å². The Bertz CT molecular complexity index is 926. The summed E-state index contributed by atoms with van der Waals surface area (Å²) in [6.45, 7) is 0.415. The van der Waals surface area contributed by atoms with Crippen LogP contribution in [0.5, 0.6) is 0 Å². The van der Waals surface area contributed by atoms with Crippen molar-refractivity contribution in [2.75, 3.05) is 13.7 Å². The number of hydrogen-bond acceptors (Lipinski definition) is 5. The van der Waals surface area contributed by atoms with Crippen molar-refractivity contribution in [1.29, 1.82) is 0 Å². The molecule has 3 rings (SSSR count). The van der Waals surface area contributed by atoms with Crippen molar-refractivity contribution in [3.63, 3.8) is 0 Å². The minimum atomic E-state index is -4.66. The van der Waals surface area contributed by atoms with Crippen LogP contribution < -0.4 is 5.32 Å². The summed E-state index contributed by atoms with van der Waals surface area (Å²) in [5.41, 5.74) is 0.715. The summed E-state index contributed by atoms with van der Waals surface area (Å²) in [6, 6.07) is 4.76. The van der Waals surface area contributed by atoms with E-state index in [-0.39, 0.29) is 11.1 Å². The van der Waals surface area contributed by atoms with Gasteiger partial charge in [0.1, 0.15) is 5.52 Å². The van der Waals surface area contributed by atoms with Crippen molar-refractivity contribution < 1.29 is 27.1 Å². The van der Waals surface area contributed by atoms with Crippen LogP contribution >= 0.6 is 0 Å². The molecular formula is C18H16F3N3O3. The summed E-state index contributed by atoms with van der Waals surface area (Å²) in [5, 5.41) is 2.01. The fourth-order valence-corrected chi connectivity index (χ4v) is 2.53. The summed E-state index contributed by atoms with van der Waals surface area (Å²) >= 11 is 0. The molecule has 1 atom stereocenters. The highest BCUT2D eigenvalue weighted by Crippen LogP contribution is 2.32. The summed E-state index contributed by atoms with van der Waals surface area (Å²) in [6.07, 6.45) is -1.79. The molecule has 0 aliphatic heterocycles. The number of alkyl halides is 3. The molecule has 0 aliphatic rings. The highest BCUT2D eigenvalue weighted by molar-refractivity contribution is 5.97. The number of carbonyl (C=O) groups is 1. The smallest absolute Gasteiger partial charge is 0.412 e. The first-order valence-corrected chi connectivity index (χ1v) is 8.04. The zero-order valence-corrected chi connectivity index (χ0v) is 14.3. The van der Waals surface area contributed by atoms with E-state index in [0.717, 1.165) is 6.20 Å². The van der Waals surface area contributed by atoms with Crippen molar-refractivity contribution in [2.45, 2.75) is 18.6 Å². The van der Waals surface area contributed by atoms with E-state index in [2.05, 4.69) is 9.97 Å². The summed E-state index contributed by atoms with van der Waals surface area (Å²) in [5.74, 6) is -0.453. The highest BCUT2D eigenvalue weighted by atomic mass is 19.4. The van der Waals surface area contributed by atoms with Crippen molar-refractivity contribution in [3.8, 4) is 0 Å². The van der Waals surface area contributed by atoms with Crippen LogP contribution in [0.2, 0.25) is 0 Å². The Hall–Kier alpha value is -2.94. The van der Waals surface area contributed by atoms with Gasteiger partial charge in [0.05, 0.1) is 6.61 Å². The molecule has 1 aromatic carbocycles. The predicted octanol–water partition coefficient (Wildman–Crippen LogP) is 3.45. The highest BCUT2D eigenvalue weighted by Gasteiger charge is 2.42. The van der Waals surface area contributed by atoms with E-state index in [1.165, 1.54) is 36.5 Å². The van der Waals surface area contributed by atoms with Gasteiger partial charge in [0, 0.05) is 37.1 Å². The molecule has 0 radical (unpaired) electrons. The molecule has 0 aliphatic carbocycles. The summed E-state index contributed by atoms with van der Waals surface area (Å²) in [7, 11) is 1.55. The standard InChI is InChI=1S/C18H16F3N3O3/c1-26-8-6-15-23-13-5-4-11(9-14(13)27-15)17(25)24-16(18(19,20)21)12-3-2-7-22-10-12/h2-5,7,9-10,16H,6,8H2,1H3,(H,24,25)/t16-/m0/s1. The fourth-order valence-electron chi connectivity index (χ4n) is 2.53. The second-order valence-corrected chi connectivity index (χ2v) is 5.77. The lowest BCUT2D eigenvalue weighted by molar-refractivity contribution is -0.155. The molecule has 9 heteroatoms. The number of carbonyl (C=O) groups excluding carboxylic acids is 1. The third-order valence-corrected chi connectivity index (χ3v) is 3.84. The maximum absolute atomic E-state index is 13.4. The number of methoxy groups -OCH3 is 1. The Kier molecular flexibility index (Phi) is 5.41. The van der Waals surface area contributed by atoms with Gasteiger partial charge < -0.3 is 14.5 Å². The van der Waals surface area contributed by atoms with Gasteiger partial charge in [-0.1, -0.05) is 6.07 Å². The number of benzene rings is 1. The maximum atomic E-state index is 13.4. The van der Waals surface area contributed by atoms with Crippen molar-refractivity contribution in [1.82, 2.24) is 15.3 Å². The molecule has 1 amide bonds. The monoisotopic (exact) mass is 379 g/mol.